The third kappa shape index (κ3) is 1.89. The van der Waals surface area contributed by atoms with Gasteiger partial charge in [0.2, 0.25) is 11.8 Å². The lowest BCUT2D eigenvalue weighted by Gasteiger charge is -2.18. The first-order chi connectivity index (χ1) is 10.1. The number of rotatable bonds is 3. The highest BCUT2D eigenvalue weighted by molar-refractivity contribution is 6.30. The molecule has 2 amide bonds. The van der Waals surface area contributed by atoms with Gasteiger partial charge in [-0.05, 0) is 36.5 Å². The molecule has 108 valence electrons. The van der Waals surface area contributed by atoms with Crippen molar-refractivity contribution >= 4 is 29.1 Å². The molecule has 4 rings (SSSR count). The number of likely N-dealkylation sites (tertiary alicyclic amines) is 1. The average Bonchev–Trinajstić information content (AvgIpc) is 3.12. The molecule has 1 saturated heterocycles. The standard InChI is InChI=1S/C16H15ClN2O2/c17-11-2-1-3-12(7-11)18-8-19-15(20)13-9-4-5-10(6-9)14(13)16(19)21/h1-5,7,9-10,13-14,18H,6,8H2/t9-,10-,13-,14+/m0/s1. The van der Waals surface area contributed by atoms with E-state index in [1.54, 1.807) is 12.1 Å². The molecule has 1 aromatic carbocycles. The summed E-state index contributed by atoms with van der Waals surface area (Å²) < 4.78 is 0. The van der Waals surface area contributed by atoms with Gasteiger partial charge in [-0.25, -0.2) is 0 Å². The van der Waals surface area contributed by atoms with Gasteiger partial charge in [-0.2, -0.15) is 0 Å². The maximum Gasteiger partial charge on any atom is 0.235 e. The van der Waals surface area contributed by atoms with Gasteiger partial charge in [0.05, 0.1) is 18.5 Å². The smallest absolute Gasteiger partial charge is 0.235 e. The van der Waals surface area contributed by atoms with E-state index in [4.69, 9.17) is 11.6 Å². The summed E-state index contributed by atoms with van der Waals surface area (Å²) in [5.74, 6) is 0.190. The van der Waals surface area contributed by atoms with Crippen LogP contribution in [0.5, 0.6) is 0 Å². The Balaban J connectivity index is 1.50. The number of benzene rings is 1. The van der Waals surface area contributed by atoms with E-state index >= 15 is 0 Å². The van der Waals surface area contributed by atoms with Crippen LogP contribution in [0.15, 0.2) is 36.4 Å². The molecule has 1 aliphatic heterocycles. The third-order valence-corrected chi connectivity index (χ3v) is 5.06. The van der Waals surface area contributed by atoms with Gasteiger partial charge in [0.15, 0.2) is 0 Å². The summed E-state index contributed by atoms with van der Waals surface area (Å²) in [4.78, 5) is 26.3. The highest BCUT2D eigenvalue weighted by Crippen LogP contribution is 2.52. The minimum Gasteiger partial charge on any atom is -0.367 e. The number of amides is 2. The predicted molar refractivity (Wildman–Crippen MR) is 79.5 cm³/mol. The maximum absolute atomic E-state index is 12.5. The van der Waals surface area contributed by atoms with Crippen molar-refractivity contribution in [3.63, 3.8) is 0 Å². The van der Waals surface area contributed by atoms with Crippen molar-refractivity contribution in [3.05, 3.63) is 41.4 Å². The predicted octanol–water partition coefficient (Wildman–Crippen LogP) is 2.52. The largest absolute Gasteiger partial charge is 0.367 e. The number of hydrogen-bond donors (Lipinski definition) is 1. The van der Waals surface area contributed by atoms with Crippen molar-refractivity contribution in [1.82, 2.24) is 4.90 Å². The molecule has 2 bridgehead atoms. The van der Waals surface area contributed by atoms with Gasteiger partial charge in [-0.15, -0.1) is 0 Å². The number of anilines is 1. The van der Waals surface area contributed by atoms with E-state index in [1.807, 2.05) is 12.1 Å². The maximum atomic E-state index is 12.5. The molecule has 1 saturated carbocycles. The molecular weight excluding hydrogens is 288 g/mol. The van der Waals surface area contributed by atoms with E-state index in [0.717, 1.165) is 12.1 Å². The molecule has 0 spiro atoms. The van der Waals surface area contributed by atoms with Crippen LogP contribution >= 0.6 is 11.6 Å². The number of hydrogen-bond acceptors (Lipinski definition) is 3. The SMILES string of the molecule is O=C1[C@@H]2[C@H](C(=O)N1CNc1cccc(Cl)c1)[C@H]1C=C[C@H]2C1. The fourth-order valence-electron chi connectivity index (χ4n) is 3.89. The van der Waals surface area contributed by atoms with Gasteiger partial charge in [-0.3, -0.25) is 14.5 Å². The van der Waals surface area contributed by atoms with Crippen molar-refractivity contribution < 1.29 is 9.59 Å². The molecule has 1 aromatic rings. The van der Waals surface area contributed by atoms with Crippen LogP contribution in [0.3, 0.4) is 0 Å². The summed E-state index contributed by atoms with van der Waals surface area (Å²) in [6, 6.07) is 7.26. The Morgan fingerprint density at radius 2 is 1.81 bits per heavy atom. The highest BCUT2D eigenvalue weighted by atomic mass is 35.5. The molecule has 2 aliphatic carbocycles. The Morgan fingerprint density at radius 3 is 2.43 bits per heavy atom. The van der Waals surface area contributed by atoms with Crippen LogP contribution in [0.2, 0.25) is 5.02 Å². The van der Waals surface area contributed by atoms with E-state index in [-0.39, 0.29) is 42.2 Å². The topological polar surface area (TPSA) is 49.4 Å². The van der Waals surface area contributed by atoms with Crippen LogP contribution in [0.1, 0.15) is 6.42 Å². The van der Waals surface area contributed by atoms with Crippen LogP contribution in [0, 0.1) is 23.7 Å². The van der Waals surface area contributed by atoms with Gasteiger partial charge in [0, 0.05) is 10.7 Å². The van der Waals surface area contributed by atoms with E-state index in [0.29, 0.717) is 5.02 Å². The van der Waals surface area contributed by atoms with Gasteiger partial charge in [0.1, 0.15) is 0 Å². The van der Waals surface area contributed by atoms with Crippen molar-refractivity contribution in [1.29, 1.82) is 0 Å². The van der Waals surface area contributed by atoms with E-state index in [2.05, 4.69) is 17.5 Å². The lowest BCUT2D eigenvalue weighted by molar-refractivity contribution is -0.140. The average molecular weight is 303 g/mol. The Kier molecular flexibility index (Phi) is 2.82. The molecule has 0 unspecified atom stereocenters. The zero-order chi connectivity index (χ0) is 14.6. The molecule has 3 aliphatic rings. The number of imide groups is 1. The molecule has 0 radical (unpaired) electrons. The molecule has 0 aromatic heterocycles. The molecule has 1 N–H and O–H groups in total. The molecule has 4 nitrogen and oxygen atoms in total. The number of carbonyl (C=O) groups is 2. The fourth-order valence-corrected chi connectivity index (χ4v) is 4.08. The first kappa shape index (κ1) is 12.9. The summed E-state index contributed by atoms with van der Waals surface area (Å²) in [5, 5.41) is 3.73. The quantitative estimate of drug-likeness (QED) is 0.689. The second kappa shape index (κ2) is 4.60. The first-order valence-corrected chi connectivity index (χ1v) is 7.56. The number of fused-ring (bicyclic) bond motifs is 5. The molecule has 21 heavy (non-hydrogen) atoms. The minimum absolute atomic E-state index is 0.0311. The van der Waals surface area contributed by atoms with Crippen LogP contribution in [-0.4, -0.2) is 23.4 Å². The van der Waals surface area contributed by atoms with Crippen molar-refractivity contribution in [3.8, 4) is 0 Å². The first-order valence-electron chi connectivity index (χ1n) is 7.18. The second-order valence-corrected chi connectivity index (χ2v) is 6.39. The zero-order valence-corrected chi connectivity index (χ0v) is 12.1. The normalized spacial score (nSPS) is 32.9. The van der Waals surface area contributed by atoms with Crippen molar-refractivity contribution in [2.45, 2.75) is 6.42 Å². The number of allylic oxidation sites excluding steroid dienone is 2. The van der Waals surface area contributed by atoms with Gasteiger partial charge in [-0.1, -0.05) is 29.8 Å². The Hall–Kier alpha value is -1.81. The number of halogens is 1. The third-order valence-electron chi connectivity index (χ3n) is 4.83. The molecule has 1 heterocycles. The fraction of sp³-hybridized carbons (Fsp3) is 0.375. The highest BCUT2D eigenvalue weighted by Gasteiger charge is 2.59. The summed E-state index contributed by atoms with van der Waals surface area (Å²) in [7, 11) is 0. The summed E-state index contributed by atoms with van der Waals surface area (Å²) in [6.45, 7) is 0.213. The zero-order valence-electron chi connectivity index (χ0n) is 11.3. The molecule has 5 heteroatoms. The van der Waals surface area contributed by atoms with Gasteiger partial charge >= 0.3 is 0 Å². The number of nitrogens with zero attached hydrogens (tertiary/aromatic N) is 1. The van der Waals surface area contributed by atoms with Crippen LogP contribution in [-0.2, 0) is 9.59 Å². The number of nitrogens with one attached hydrogen (secondary N) is 1. The molecular formula is C16H15ClN2O2. The lowest BCUT2D eigenvalue weighted by Crippen LogP contribution is -2.37. The second-order valence-electron chi connectivity index (χ2n) is 5.95. The minimum atomic E-state index is -0.131. The molecule has 2 fully saturated rings. The van der Waals surface area contributed by atoms with Crippen molar-refractivity contribution in [2.24, 2.45) is 23.7 Å². The summed E-state index contributed by atoms with van der Waals surface area (Å²) in [6.07, 6.45) is 5.16. The molecule has 4 atom stereocenters. The Morgan fingerprint density at radius 1 is 1.14 bits per heavy atom. The van der Waals surface area contributed by atoms with E-state index < -0.39 is 0 Å². The Labute approximate surface area is 127 Å². The van der Waals surface area contributed by atoms with Crippen molar-refractivity contribution in [2.75, 3.05) is 12.0 Å². The van der Waals surface area contributed by atoms with Gasteiger partial charge < -0.3 is 5.32 Å². The number of carbonyl (C=O) groups excluding carboxylic acids is 2. The van der Waals surface area contributed by atoms with Crippen LogP contribution < -0.4 is 5.32 Å². The Bertz CT molecular complexity index is 627. The lowest BCUT2D eigenvalue weighted by atomic mass is 9.85. The van der Waals surface area contributed by atoms with E-state index in [1.165, 1.54) is 4.90 Å². The van der Waals surface area contributed by atoms with Gasteiger partial charge in [0.25, 0.3) is 0 Å². The summed E-state index contributed by atoms with van der Waals surface area (Å²) in [5.41, 5.74) is 0.807. The van der Waals surface area contributed by atoms with Crippen LogP contribution in [0.4, 0.5) is 5.69 Å². The van der Waals surface area contributed by atoms with Crippen LogP contribution in [0.25, 0.3) is 0 Å². The monoisotopic (exact) mass is 302 g/mol. The van der Waals surface area contributed by atoms with E-state index in [9.17, 15) is 9.59 Å². The summed E-state index contributed by atoms with van der Waals surface area (Å²) >= 11 is 5.93.